The summed E-state index contributed by atoms with van der Waals surface area (Å²) in [6, 6.07) is 5.45. The summed E-state index contributed by atoms with van der Waals surface area (Å²) >= 11 is 5.80. The number of hydrogen-bond donors (Lipinski definition) is 1. The normalized spacial score (nSPS) is 12.0. The minimum absolute atomic E-state index is 0.0527. The predicted octanol–water partition coefficient (Wildman–Crippen LogP) is 3.50. The molecule has 1 N–H and O–H groups in total. The van der Waals surface area contributed by atoms with Crippen LogP contribution >= 0.6 is 11.6 Å². The van der Waals surface area contributed by atoms with Gasteiger partial charge in [0.05, 0.1) is 11.6 Å². The van der Waals surface area contributed by atoms with E-state index in [0.29, 0.717) is 0 Å². The number of carbonyl (C=O) groups excluding carboxylic acids is 1. The van der Waals surface area contributed by atoms with Crippen molar-refractivity contribution in [2.75, 3.05) is 0 Å². The molecule has 0 aliphatic heterocycles. The van der Waals surface area contributed by atoms with Crippen molar-refractivity contribution in [1.82, 2.24) is 10.3 Å². The third kappa shape index (κ3) is 3.11. The lowest BCUT2D eigenvalue weighted by atomic mass is 10.1. The summed E-state index contributed by atoms with van der Waals surface area (Å²) in [6.45, 7) is 1.56. The molecule has 3 nitrogen and oxygen atoms in total. The molecule has 0 saturated carbocycles. The fraction of sp³-hybridized carbons (Fsp3) is 0.143. The molecule has 1 aromatic carbocycles. The van der Waals surface area contributed by atoms with E-state index >= 15 is 0 Å². The topological polar surface area (TPSA) is 42.0 Å². The minimum Gasteiger partial charge on any atom is -0.345 e. The largest absolute Gasteiger partial charge is 0.345 e. The molecular weight excluding hydrogens is 286 g/mol. The van der Waals surface area contributed by atoms with Crippen molar-refractivity contribution in [1.29, 1.82) is 0 Å². The zero-order chi connectivity index (χ0) is 14.7. The molecule has 0 fully saturated rings. The number of halogens is 3. The fourth-order valence-corrected chi connectivity index (χ4v) is 1.96. The lowest BCUT2D eigenvalue weighted by Gasteiger charge is -2.15. The van der Waals surface area contributed by atoms with Gasteiger partial charge in [-0.15, -0.1) is 0 Å². The highest BCUT2D eigenvalue weighted by Gasteiger charge is 2.17. The fourth-order valence-electron chi connectivity index (χ4n) is 1.75. The molecule has 2 aromatic rings. The van der Waals surface area contributed by atoms with Gasteiger partial charge < -0.3 is 5.32 Å². The Morgan fingerprint density at radius 1 is 1.35 bits per heavy atom. The van der Waals surface area contributed by atoms with Gasteiger partial charge in [-0.05, 0) is 37.3 Å². The Bertz CT molecular complexity index is 649. The third-order valence-electron chi connectivity index (χ3n) is 2.78. The molecule has 1 aromatic heterocycles. The molecule has 0 radical (unpaired) electrons. The zero-order valence-electron chi connectivity index (χ0n) is 10.5. The first-order chi connectivity index (χ1) is 9.49. The van der Waals surface area contributed by atoms with Gasteiger partial charge in [-0.3, -0.25) is 4.79 Å². The van der Waals surface area contributed by atoms with Gasteiger partial charge in [0.2, 0.25) is 0 Å². The van der Waals surface area contributed by atoms with Crippen molar-refractivity contribution >= 4 is 17.5 Å². The number of aromatic nitrogens is 1. The van der Waals surface area contributed by atoms with Crippen LogP contribution in [-0.4, -0.2) is 10.9 Å². The van der Waals surface area contributed by atoms with Crippen LogP contribution in [0.5, 0.6) is 0 Å². The standard InChI is InChI=1S/C14H11ClF2N2O/c1-8(11-7-9(16)4-5-12(11)17)19-14(20)10-3-2-6-18-13(10)15/h2-8H,1H3,(H,19,20). The van der Waals surface area contributed by atoms with Crippen LogP contribution in [-0.2, 0) is 0 Å². The van der Waals surface area contributed by atoms with Crippen LogP contribution in [0, 0.1) is 11.6 Å². The van der Waals surface area contributed by atoms with E-state index in [1.165, 1.54) is 12.3 Å². The average molecular weight is 297 g/mol. The van der Waals surface area contributed by atoms with Gasteiger partial charge in [0, 0.05) is 11.8 Å². The van der Waals surface area contributed by atoms with E-state index in [-0.39, 0.29) is 16.3 Å². The van der Waals surface area contributed by atoms with Crippen molar-refractivity contribution in [3.8, 4) is 0 Å². The van der Waals surface area contributed by atoms with Gasteiger partial charge in [0.25, 0.3) is 5.91 Å². The number of hydrogen-bond acceptors (Lipinski definition) is 2. The number of nitrogens with zero attached hydrogens (tertiary/aromatic N) is 1. The quantitative estimate of drug-likeness (QED) is 0.881. The third-order valence-corrected chi connectivity index (χ3v) is 3.08. The molecule has 1 heterocycles. The molecule has 0 saturated heterocycles. The van der Waals surface area contributed by atoms with Crippen molar-refractivity contribution in [3.63, 3.8) is 0 Å². The maximum atomic E-state index is 13.6. The molecule has 1 unspecified atom stereocenters. The van der Waals surface area contributed by atoms with E-state index in [4.69, 9.17) is 11.6 Å². The molecule has 0 aliphatic rings. The number of pyridine rings is 1. The Hall–Kier alpha value is -2.01. The van der Waals surface area contributed by atoms with Crippen LogP contribution in [0.1, 0.15) is 28.9 Å². The van der Waals surface area contributed by atoms with Crippen LogP contribution in [0.3, 0.4) is 0 Å². The summed E-state index contributed by atoms with van der Waals surface area (Å²) in [5, 5.41) is 2.60. The van der Waals surface area contributed by atoms with Crippen molar-refractivity contribution in [2.24, 2.45) is 0 Å². The maximum absolute atomic E-state index is 13.6. The summed E-state index contributed by atoms with van der Waals surface area (Å²) in [7, 11) is 0. The highest BCUT2D eigenvalue weighted by atomic mass is 35.5. The number of nitrogens with one attached hydrogen (secondary N) is 1. The second-order valence-electron chi connectivity index (χ2n) is 4.20. The van der Waals surface area contributed by atoms with E-state index in [1.54, 1.807) is 13.0 Å². The predicted molar refractivity (Wildman–Crippen MR) is 71.5 cm³/mol. The molecule has 0 spiro atoms. The smallest absolute Gasteiger partial charge is 0.254 e. The molecule has 0 aliphatic carbocycles. The Labute approximate surface area is 119 Å². The summed E-state index contributed by atoms with van der Waals surface area (Å²) in [6.07, 6.45) is 1.45. The van der Waals surface area contributed by atoms with Crippen LogP contribution in [0.2, 0.25) is 5.15 Å². The van der Waals surface area contributed by atoms with Crippen molar-refractivity contribution in [2.45, 2.75) is 13.0 Å². The number of carbonyl (C=O) groups is 1. The highest BCUT2D eigenvalue weighted by Crippen LogP contribution is 2.19. The highest BCUT2D eigenvalue weighted by molar-refractivity contribution is 6.32. The zero-order valence-corrected chi connectivity index (χ0v) is 11.3. The van der Waals surface area contributed by atoms with E-state index in [0.717, 1.165) is 18.2 Å². The van der Waals surface area contributed by atoms with Crippen LogP contribution in [0.4, 0.5) is 8.78 Å². The maximum Gasteiger partial charge on any atom is 0.254 e. The molecule has 1 atom stereocenters. The van der Waals surface area contributed by atoms with Gasteiger partial charge in [0.1, 0.15) is 16.8 Å². The van der Waals surface area contributed by atoms with Gasteiger partial charge >= 0.3 is 0 Å². The first-order valence-corrected chi connectivity index (χ1v) is 6.23. The van der Waals surface area contributed by atoms with Gasteiger partial charge in [-0.1, -0.05) is 11.6 Å². The second kappa shape index (κ2) is 5.96. The van der Waals surface area contributed by atoms with Crippen molar-refractivity contribution in [3.05, 3.63) is 64.4 Å². The monoisotopic (exact) mass is 296 g/mol. The summed E-state index contributed by atoms with van der Waals surface area (Å²) in [5.41, 5.74) is 0.246. The Kier molecular flexibility index (Phi) is 4.29. The van der Waals surface area contributed by atoms with Crippen LogP contribution < -0.4 is 5.32 Å². The minimum atomic E-state index is -0.700. The molecular formula is C14H11ClF2N2O. The molecule has 104 valence electrons. The summed E-state index contributed by atoms with van der Waals surface area (Å²) < 4.78 is 26.7. The Morgan fingerprint density at radius 3 is 2.80 bits per heavy atom. The average Bonchev–Trinajstić information content (AvgIpc) is 2.41. The number of rotatable bonds is 3. The van der Waals surface area contributed by atoms with Gasteiger partial charge in [-0.2, -0.15) is 0 Å². The number of amides is 1. The number of benzene rings is 1. The second-order valence-corrected chi connectivity index (χ2v) is 4.56. The Balaban J connectivity index is 2.19. The summed E-state index contributed by atoms with van der Waals surface area (Å²) in [5.74, 6) is -1.65. The Morgan fingerprint density at radius 2 is 2.10 bits per heavy atom. The lowest BCUT2D eigenvalue weighted by molar-refractivity contribution is 0.0939. The first-order valence-electron chi connectivity index (χ1n) is 5.85. The molecule has 2 rings (SSSR count). The van der Waals surface area contributed by atoms with Crippen molar-refractivity contribution < 1.29 is 13.6 Å². The van der Waals surface area contributed by atoms with Gasteiger partial charge in [-0.25, -0.2) is 13.8 Å². The summed E-state index contributed by atoms with van der Waals surface area (Å²) in [4.78, 5) is 15.8. The van der Waals surface area contributed by atoms with Crippen LogP contribution in [0.15, 0.2) is 36.5 Å². The van der Waals surface area contributed by atoms with E-state index in [1.807, 2.05) is 0 Å². The molecule has 20 heavy (non-hydrogen) atoms. The van der Waals surface area contributed by atoms with Crippen LogP contribution in [0.25, 0.3) is 0 Å². The van der Waals surface area contributed by atoms with E-state index < -0.39 is 23.6 Å². The lowest BCUT2D eigenvalue weighted by Crippen LogP contribution is -2.27. The van der Waals surface area contributed by atoms with E-state index in [2.05, 4.69) is 10.3 Å². The SMILES string of the molecule is CC(NC(=O)c1cccnc1Cl)c1cc(F)ccc1F. The molecule has 1 amide bonds. The van der Waals surface area contributed by atoms with E-state index in [9.17, 15) is 13.6 Å². The molecule has 0 bridgehead atoms. The van der Waals surface area contributed by atoms with Gasteiger partial charge in [0.15, 0.2) is 0 Å². The molecule has 6 heteroatoms. The first kappa shape index (κ1) is 14.4.